The van der Waals surface area contributed by atoms with Crippen molar-refractivity contribution in [3.8, 4) is 0 Å². The summed E-state index contributed by atoms with van der Waals surface area (Å²) in [5, 5.41) is 9.28. The number of anilines is 1. The SMILES string of the molecule is CCN(c1cc(C2CC2C(=O)O)cc(C(=O)OC)c1C)C1CCOCC1. The van der Waals surface area contributed by atoms with Crippen LogP contribution in [0.15, 0.2) is 12.1 Å². The zero-order chi connectivity index (χ0) is 18.8. The molecule has 1 aromatic rings. The van der Waals surface area contributed by atoms with E-state index in [9.17, 15) is 14.7 Å². The molecule has 2 fully saturated rings. The first-order chi connectivity index (χ1) is 12.5. The number of carboxylic acid groups (broad SMARTS) is 1. The molecule has 142 valence electrons. The molecule has 2 atom stereocenters. The monoisotopic (exact) mass is 361 g/mol. The van der Waals surface area contributed by atoms with Crippen molar-refractivity contribution in [2.24, 2.45) is 5.92 Å². The second kappa shape index (κ2) is 7.66. The fourth-order valence-corrected chi connectivity index (χ4v) is 4.01. The van der Waals surface area contributed by atoms with Gasteiger partial charge in [0.2, 0.25) is 0 Å². The maximum absolute atomic E-state index is 12.3. The predicted octanol–water partition coefficient (Wildman–Crippen LogP) is 2.98. The Hall–Kier alpha value is -2.08. The van der Waals surface area contributed by atoms with E-state index in [1.807, 2.05) is 13.0 Å². The first kappa shape index (κ1) is 18.7. The average molecular weight is 361 g/mol. The number of ether oxygens (including phenoxy) is 2. The fourth-order valence-electron chi connectivity index (χ4n) is 4.01. The number of esters is 1. The molecule has 0 aromatic heterocycles. The van der Waals surface area contributed by atoms with Gasteiger partial charge in [-0.3, -0.25) is 4.79 Å². The molecule has 0 spiro atoms. The highest BCUT2D eigenvalue weighted by Gasteiger charge is 2.45. The second-order valence-corrected chi connectivity index (χ2v) is 7.12. The minimum Gasteiger partial charge on any atom is -0.481 e. The Morgan fingerprint density at radius 3 is 2.54 bits per heavy atom. The Morgan fingerprint density at radius 1 is 1.31 bits per heavy atom. The van der Waals surface area contributed by atoms with Crippen molar-refractivity contribution in [1.82, 2.24) is 0 Å². The molecule has 1 N–H and O–H groups in total. The van der Waals surface area contributed by atoms with Crippen molar-refractivity contribution >= 4 is 17.6 Å². The Morgan fingerprint density at radius 2 is 2.00 bits per heavy atom. The third-order valence-corrected chi connectivity index (χ3v) is 5.63. The molecule has 2 unspecified atom stereocenters. The van der Waals surface area contributed by atoms with Crippen molar-refractivity contribution in [2.75, 3.05) is 31.8 Å². The number of aliphatic carboxylic acids is 1. The standard InChI is InChI=1S/C20H27NO5/c1-4-21(14-5-7-26-8-6-14)18-10-13(16-11-17(16)19(22)23)9-15(12(18)2)20(24)25-3/h9-10,14,16-17H,4-8,11H2,1-3H3,(H,22,23). The van der Waals surface area contributed by atoms with Gasteiger partial charge in [0, 0.05) is 31.5 Å². The highest BCUT2D eigenvalue weighted by Crippen LogP contribution is 2.49. The third kappa shape index (κ3) is 3.56. The number of methoxy groups -OCH3 is 1. The number of hydrogen-bond donors (Lipinski definition) is 1. The van der Waals surface area contributed by atoms with Crippen molar-refractivity contribution in [3.63, 3.8) is 0 Å². The molecule has 0 bridgehead atoms. The summed E-state index contributed by atoms with van der Waals surface area (Å²) < 4.78 is 10.5. The number of hydrogen-bond acceptors (Lipinski definition) is 5. The lowest BCUT2D eigenvalue weighted by atomic mass is 9.96. The van der Waals surface area contributed by atoms with E-state index in [0.717, 1.165) is 49.4 Å². The van der Waals surface area contributed by atoms with Crippen LogP contribution in [0.5, 0.6) is 0 Å². The van der Waals surface area contributed by atoms with Crippen molar-refractivity contribution < 1.29 is 24.2 Å². The van der Waals surface area contributed by atoms with Gasteiger partial charge in [0.05, 0.1) is 18.6 Å². The number of benzene rings is 1. The van der Waals surface area contributed by atoms with Gasteiger partial charge < -0.3 is 19.5 Å². The molecule has 1 heterocycles. The summed E-state index contributed by atoms with van der Waals surface area (Å²) in [6.07, 6.45) is 2.53. The maximum Gasteiger partial charge on any atom is 0.338 e. The van der Waals surface area contributed by atoms with Gasteiger partial charge in [0.15, 0.2) is 0 Å². The molecule has 1 aromatic carbocycles. The molecule has 6 nitrogen and oxygen atoms in total. The van der Waals surface area contributed by atoms with Crippen LogP contribution in [0.1, 0.15) is 53.6 Å². The largest absolute Gasteiger partial charge is 0.481 e. The minimum absolute atomic E-state index is 0.0244. The average Bonchev–Trinajstić information content (AvgIpc) is 3.45. The molecule has 3 rings (SSSR count). The van der Waals surface area contributed by atoms with Gasteiger partial charge in [-0.05, 0) is 62.3 Å². The van der Waals surface area contributed by atoms with E-state index in [4.69, 9.17) is 9.47 Å². The highest BCUT2D eigenvalue weighted by atomic mass is 16.5. The van der Waals surface area contributed by atoms with Crippen LogP contribution < -0.4 is 4.90 Å². The topological polar surface area (TPSA) is 76.1 Å². The molecule has 6 heteroatoms. The smallest absolute Gasteiger partial charge is 0.338 e. The van der Waals surface area contributed by atoms with E-state index in [-0.39, 0.29) is 17.8 Å². The third-order valence-electron chi connectivity index (χ3n) is 5.63. The quantitative estimate of drug-likeness (QED) is 0.785. The molecule has 1 saturated heterocycles. The summed E-state index contributed by atoms with van der Waals surface area (Å²) in [5.41, 5.74) is 3.35. The number of carbonyl (C=O) groups is 2. The van der Waals surface area contributed by atoms with Gasteiger partial charge in [0.1, 0.15) is 0 Å². The van der Waals surface area contributed by atoms with E-state index < -0.39 is 5.97 Å². The molecule has 1 saturated carbocycles. The zero-order valence-corrected chi connectivity index (χ0v) is 15.7. The Labute approximate surface area is 154 Å². The summed E-state index contributed by atoms with van der Waals surface area (Å²) in [5.74, 6) is -1.52. The Bertz CT molecular complexity index is 696. The van der Waals surface area contributed by atoms with Crippen LogP contribution in [-0.4, -0.2) is 50.0 Å². The van der Waals surface area contributed by atoms with Crippen molar-refractivity contribution in [3.05, 3.63) is 28.8 Å². The van der Waals surface area contributed by atoms with E-state index in [1.165, 1.54) is 7.11 Å². The van der Waals surface area contributed by atoms with Crippen LogP contribution in [0.25, 0.3) is 0 Å². The summed E-state index contributed by atoms with van der Waals surface area (Å²) >= 11 is 0. The van der Waals surface area contributed by atoms with Gasteiger partial charge >= 0.3 is 11.9 Å². The van der Waals surface area contributed by atoms with E-state index in [1.54, 1.807) is 0 Å². The first-order valence-electron chi connectivity index (χ1n) is 9.28. The molecule has 0 amide bonds. The summed E-state index contributed by atoms with van der Waals surface area (Å²) in [7, 11) is 1.38. The van der Waals surface area contributed by atoms with E-state index in [0.29, 0.717) is 18.0 Å². The van der Waals surface area contributed by atoms with Crippen LogP contribution in [-0.2, 0) is 14.3 Å². The van der Waals surface area contributed by atoms with Crippen molar-refractivity contribution in [2.45, 2.75) is 45.1 Å². The number of carboxylic acids is 1. The Kier molecular flexibility index (Phi) is 5.51. The lowest BCUT2D eigenvalue weighted by molar-refractivity contribution is -0.138. The van der Waals surface area contributed by atoms with Gasteiger partial charge in [-0.1, -0.05) is 0 Å². The zero-order valence-electron chi connectivity index (χ0n) is 15.7. The number of carbonyl (C=O) groups excluding carboxylic acids is 1. The normalized spacial score (nSPS) is 22.7. The van der Waals surface area contributed by atoms with E-state index in [2.05, 4.69) is 17.9 Å². The minimum atomic E-state index is -0.770. The van der Waals surface area contributed by atoms with Crippen LogP contribution in [0.4, 0.5) is 5.69 Å². The van der Waals surface area contributed by atoms with Crippen molar-refractivity contribution in [1.29, 1.82) is 0 Å². The summed E-state index contributed by atoms with van der Waals surface area (Å²) in [4.78, 5) is 25.9. The van der Waals surface area contributed by atoms with Crippen LogP contribution in [0.3, 0.4) is 0 Å². The molecule has 26 heavy (non-hydrogen) atoms. The van der Waals surface area contributed by atoms with Gasteiger partial charge in [0.25, 0.3) is 0 Å². The van der Waals surface area contributed by atoms with Gasteiger partial charge in [-0.2, -0.15) is 0 Å². The predicted molar refractivity (Wildman–Crippen MR) is 97.9 cm³/mol. The first-order valence-corrected chi connectivity index (χ1v) is 9.28. The lowest BCUT2D eigenvalue weighted by Gasteiger charge is -2.37. The van der Waals surface area contributed by atoms with E-state index >= 15 is 0 Å². The molecular formula is C20H27NO5. The number of rotatable bonds is 6. The molecule has 1 aliphatic carbocycles. The maximum atomic E-state index is 12.3. The lowest BCUT2D eigenvalue weighted by Crippen LogP contribution is -2.40. The van der Waals surface area contributed by atoms with Crippen LogP contribution in [0, 0.1) is 12.8 Å². The van der Waals surface area contributed by atoms with Crippen LogP contribution in [0.2, 0.25) is 0 Å². The van der Waals surface area contributed by atoms with Gasteiger partial charge in [-0.15, -0.1) is 0 Å². The van der Waals surface area contributed by atoms with Gasteiger partial charge in [-0.25, -0.2) is 4.79 Å². The molecule has 2 aliphatic rings. The highest BCUT2D eigenvalue weighted by molar-refractivity contribution is 5.93. The molecule has 1 aliphatic heterocycles. The van der Waals surface area contributed by atoms with Crippen LogP contribution >= 0.6 is 0 Å². The molecule has 0 radical (unpaired) electrons. The fraction of sp³-hybridized carbons (Fsp3) is 0.600. The second-order valence-electron chi connectivity index (χ2n) is 7.12. The Balaban J connectivity index is 2.01. The number of nitrogens with zero attached hydrogens (tertiary/aromatic N) is 1. The summed E-state index contributed by atoms with van der Waals surface area (Å²) in [6.45, 7) is 6.36. The molecular weight excluding hydrogens is 334 g/mol. The summed E-state index contributed by atoms with van der Waals surface area (Å²) in [6, 6.07) is 4.26.